The van der Waals surface area contributed by atoms with Gasteiger partial charge in [-0.2, -0.15) is 0 Å². The van der Waals surface area contributed by atoms with E-state index in [0.717, 1.165) is 33.4 Å². The van der Waals surface area contributed by atoms with Crippen LogP contribution >= 0.6 is 0 Å². The number of carbonyl (C=O) groups excluding carboxylic acids is 1. The van der Waals surface area contributed by atoms with Gasteiger partial charge in [0.25, 0.3) is 5.91 Å². The minimum absolute atomic E-state index is 0.586. The van der Waals surface area contributed by atoms with Crippen LogP contribution in [0.1, 0.15) is 12.0 Å². The fourth-order valence-electron chi connectivity index (χ4n) is 3.53. The Bertz CT molecular complexity index is 1160. The topological polar surface area (TPSA) is 100 Å². The number of allylic oxidation sites excluding steroid dienone is 2. The van der Waals surface area contributed by atoms with Crippen LogP contribution in [0, 0.1) is 0 Å². The first kappa shape index (κ1) is 19.4. The third-order valence-corrected chi connectivity index (χ3v) is 5.12. The second-order valence-corrected chi connectivity index (χ2v) is 7.17. The molecule has 1 aliphatic carbocycles. The molecule has 0 saturated carbocycles. The summed E-state index contributed by atoms with van der Waals surface area (Å²) >= 11 is 0. The summed E-state index contributed by atoms with van der Waals surface area (Å²) in [5, 5.41) is 13.4. The number of anilines is 2. The number of hydrogen-bond donors (Lipinski definition) is 4. The molecule has 0 bridgehead atoms. The van der Waals surface area contributed by atoms with Crippen molar-refractivity contribution >= 4 is 33.8 Å². The second kappa shape index (κ2) is 8.23. The van der Waals surface area contributed by atoms with E-state index in [9.17, 15) is 4.79 Å². The van der Waals surface area contributed by atoms with Crippen molar-refractivity contribution in [3.05, 3.63) is 96.7 Å². The standard InChI is InChI=1S/C24H22N4O2/c25-19-8-6-17(7-9-19)18-10-13-24(14-11-18,15-12-23(29)28-30)27-22-5-1-4-21-20(22)3-2-16-26-21/h1-13,15-16,27,30H,14,25H2,(H,28,29)/b15-12+. The van der Waals surface area contributed by atoms with Crippen molar-refractivity contribution in [3.8, 4) is 0 Å². The predicted octanol–water partition coefficient (Wildman–Crippen LogP) is 4.07. The monoisotopic (exact) mass is 398 g/mol. The van der Waals surface area contributed by atoms with Gasteiger partial charge in [-0.3, -0.25) is 15.0 Å². The zero-order chi connectivity index (χ0) is 21.0. The third kappa shape index (κ3) is 4.09. The zero-order valence-electron chi connectivity index (χ0n) is 16.2. The van der Waals surface area contributed by atoms with Crippen molar-refractivity contribution in [3.63, 3.8) is 0 Å². The highest BCUT2D eigenvalue weighted by atomic mass is 16.5. The van der Waals surface area contributed by atoms with E-state index in [0.29, 0.717) is 6.42 Å². The summed E-state index contributed by atoms with van der Waals surface area (Å²) in [7, 11) is 0. The van der Waals surface area contributed by atoms with Crippen LogP contribution < -0.4 is 16.5 Å². The summed E-state index contributed by atoms with van der Waals surface area (Å²) in [4.78, 5) is 16.1. The van der Waals surface area contributed by atoms with Gasteiger partial charge in [0.1, 0.15) is 0 Å². The molecule has 6 nitrogen and oxygen atoms in total. The van der Waals surface area contributed by atoms with E-state index in [1.165, 1.54) is 6.08 Å². The molecule has 1 aromatic heterocycles. The number of nitrogens with zero attached hydrogens (tertiary/aromatic N) is 1. The predicted molar refractivity (Wildman–Crippen MR) is 120 cm³/mol. The Morgan fingerprint density at radius 2 is 1.97 bits per heavy atom. The fourth-order valence-corrected chi connectivity index (χ4v) is 3.53. The summed E-state index contributed by atoms with van der Waals surface area (Å²) in [6.07, 6.45) is 11.6. The first-order valence-corrected chi connectivity index (χ1v) is 9.59. The number of amides is 1. The first-order chi connectivity index (χ1) is 14.6. The van der Waals surface area contributed by atoms with Crippen molar-refractivity contribution in [2.24, 2.45) is 0 Å². The highest BCUT2D eigenvalue weighted by Gasteiger charge is 2.26. The number of carbonyl (C=O) groups is 1. The molecule has 0 aliphatic heterocycles. The molecule has 6 heteroatoms. The summed E-state index contributed by atoms with van der Waals surface area (Å²) in [5.74, 6) is -0.586. The van der Waals surface area contributed by atoms with Crippen LogP contribution in [-0.4, -0.2) is 21.6 Å². The van der Waals surface area contributed by atoms with Crippen molar-refractivity contribution < 1.29 is 10.0 Å². The normalized spacial score (nSPS) is 18.4. The number of nitrogens with two attached hydrogens (primary N) is 1. The van der Waals surface area contributed by atoms with Gasteiger partial charge in [0.05, 0.1) is 11.1 Å². The molecule has 1 unspecified atom stereocenters. The van der Waals surface area contributed by atoms with Gasteiger partial charge >= 0.3 is 0 Å². The number of hydroxylamine groups is 1. The van der Waals surface area contributed by atoms with Gasteiger partial charge in [-0.15, -0.1) is 0 Å². The third-order valence-electron chi connectivity index (χ3n) is 5.12. The molecular formula is C24H22N4O2. The second-order valence-electron chi connectivity index (χ2n) is 7.17. The minimum atomic E-state index is -0.645. The highest BCUT2D eigenvalue weighted by molar-refractivity contribution is 5.92. The summed E-state index contributed by atoms with van der Waals surface area (Å²) < 4.78 is 0. The smallest absolute Gasteiger partial charge is 0.267 e. The fraction of sp³-hybridized carbons (Fsp3) is 0.0833. The summed E-state index contributed by atoms with van der Waals surface area (Å²) in [6, 6.07) is 17.5. The molecule has 5 N–H and O–H groups in total. The van der Waals surface area contributed by atoms with Gasteiger partial charge in [0.2, 0.25) is 0 Å². The molecular weight excluding hydrogens is 376 g/mol. The average Bonchev–Trinajstić information content (AvgIpc) is 2.79. The Labute approximate surface area is 174 Å². The van der Waals surface area contributed by atoms with Crippen molar-refractivity contribution in [2.45, 2.75) is 12.0 Å². The van der Waals surface area contributed by atoms with Gasteiger partial charge in [0.15, 0.2) is 0 Å². The Morgan fingerprint density at radius 3 is 2.70 bits per heavy atom. The average molecular weight is 398 g/mol. The highest BCUT2D eigenvalue weighted by Crippen LogP contribution is 2.33. The van der Waals surface area contributed by atoms with E-state index in [-0.39, 0.29) is 0 Å². The number of aromatic nitrogens is 1. The molecule has 1 aliphatic rings. The Hall–Kier alpha value is -3.90. The van der Waals surface area contributed by atoms with Crippen LogP contribution in [0.25, 0.3) is 16.5 Å². The Balaban J connectivity index is 1.68. The van der Waals surface area contributed by atoms with Gasteiger partial charge < -0.3 is 11.1 Å². The van der Waals surface area contributed by atoms with E-state index >= 15 is 0 Å². The number of pyridine rings is 1. The van der Waals surface area contributed by atoms with Gasteiger partial charge in [-0.05, 0) is 60.0 Å². The SMILES string of the molecule is Nc1ccc(C2=CCC(/C=C/C(=O)NO)(Nc3cccc4ncccc34)C=C2)cc1. The van der Waals surface area contributed by atoms with Gasteiger partial charge in [0, 0.05) is 29.0 Å². The van der Waals surface area contributed by atoms with Crippen LogP contribution in [0.2, 0.25) is 0 Å². The largest absolute Gasteiger partial charge is 0.399 e. The molecule has 1 amide bonds. The Kier molecular flexibility index (Phi) is 5.32. The molecule has 2 aromatic carbocycles. The number of nitrogens with one attached hydrogen (secondary N) is 2. The lowest BCUT2D eigenvalue weighted by molar-refractivity contribution is -0.124. The molecule has 0 radical (unpaired) electrons. The molecule has 1 atom stereocenters. The van der Waals surface area contributed by atoms with Gasteiger partial charge in [-0.1, -0.05) is 36.4 Å². The van der Waals surface area contributed by atoms with E-state index < -0.39 is 11.4 Å². The quantitative estimate of drug-likeness (QED) is 0.225. The van der Waals surface area contributed by atoms with Crippen LogP contribution in [0.3, 0.4) is 0 Å². The van der Waals surface area contributed by atoms with Crippen molar-refractivity contribution in [2.75, 3.05) is 11.1 Å². The maximum atomic E-state index is 11.6. The lowest BCUT2D eigenvalue weighted by Gasteiger charge is -2.32. The molecule has 0 fully saturated rings. The minimum Gasteiger partial charge on any atom is -0.399 e. The number of nitrogen functional groups attached to an aromatic ring is 1. The molecule has 30 heavy (non-hydrogen) atoms. The molecule has 0 saturated heterocycles. The van der Waals surface area contributed by atoms with Crippen LogP contribution in [0.15, 0.2) is 91.2 Å². The maximum Gasteiger partial charge on any atom is 0.267 e. The number of hydrogen-bond acceptors (Lipinski definition) is 5. The van der Waals surface area contributed by atoms with Crippen molar-refractivity contribution in [1.82, 2.24) is 10.5 Å². The van der Waals surface area contributed by atoms with Crippen LogP contribution in [-0.2, 0) is 4.79 Å². The number of fused-ring (bicyclic) bond motifs is 1. The lowest BCUT2D eigenvalue weighted by atomic mass is 9.85. The van der Waals surface area contributed by atoms with E-state index in [1.807, 2.05) is 66.7 Å². The van der Waals surface area contributed by atoms with Crippen LogP contribution in [0.4, 0.5) is 11.4 Å². The summed E-state index contributed by atoms with van der Waals surface area (Å²) in [5.41, 5.74) is 11.4. The lowest BCUT2D eigenvalue weighted by Crippen LogP contribution is -2.35. The van der Waals surface area contributed by atoms with E-state index in [2.05, 4.69) is 16.4 Å². The number of rotatable bonds is 5. The summed E-state index contributed by atoms with van der Waals surface area (Å²) in [6.45, 7) is 0. The van der Waals surface area contributed by atoms with E-state index in [1.54, 1.807) is 17.8 Å². The zero-order valence-corrected chi connectivity index (χ0v) is 16.2. The molecule has 1 heterocycles. The van der Waals surface area contributed by atoms with Crippen LogP contribution in [0.5, 0.6) is 0 Å². The molecule has 3 aromatic rings. The van der Waals surface area contributed by atoms with Crippen molar-refractivity contribution in [1.29, 1.82) is 0 Å². The molecule has 0 spiro atoms. The molecule has 4 rings (SSSR count). The number of benzene rings is 2. The first-order valence-electron chi connectivity index (χ1n) is 9.59. The van der Waals surface area contributed by atoms with Gasteiger partial charge in [-0.25, -0.2) is 5.48 Å². The Morgan fingerprint density at radius 1 is 1.13 bits per heavy atom. The van der Waals surface area contributed by atoms with E-state index in [4.69, 9.17) is 10.9 Å². The molecule has 150 valence electrons. The maximum absolute atomic E-state index is 11.6.